The standard InChI is InChI=1S/C20H26O2/c1-3-20-9-8-19(2)12-15(22)11-18(19)17(20)6-4-13-10-14(21)5-7-16(13)20/h3,5,7,10,15,17-18,21-22H,1,4,6,8-9,11-12H2,2H3/t15?,17-,18-,19+,20+/m0/s1. The summed E-state index contributed by atoms with van der Waals surface area (Å²) in [7, 11) is 0. The zero-order chi connectivity index (χ0) is 15.5. The lowest BCUT2D eigenvalue weighted by Gasteiger charge is -2.55. The summed E-state index contributed by atoms with van der Waals surface area (Å²) in [6.45, 7) is 6.59. The van der Waals surface area contributed by atoms with Crippen LogP contribution >= 0.6 is 0 Å². The Labute approximate surface area is 132 Å². The largest absolute Gasteiger partial charge is 0.508 e. The van der Waals surface area contributed by atoms with Gasteiger partial charge in [0.05, 0.1) is 6.10 Å². The van der Waals surface area contributed by atoms with Gasteiger partial charge in [-0.25, -0.2) is 0 Å². The van der Waals surface area contributed by atoms with Crippen LogP contribution in [0.15, 0.2) is 30.9 Å². The molecule has 0 bridgehead atoms. The quantitative estimate of drug-likeness (QED) is 0.771. The van der Waals surface area contributed by atoms with Crippen molar-refractivity contribution in [1.82, 2.24) is 0 Å². The summed E-state index contributed by atoms with van der Waals surface area (Å²) in [5.74, 6) is 1.54. The molecule has 0 saturated heterocycles. The highest BCUT2D eigenvalue weighted by molar-refractivity contribution is 5.46. The average molecular weight is 298 g/mol. The molecule has 1 aromatic carbocycles. The van der Waals surface area contributed by atoms with Crippen LogP contribution in [0.1, 0.15) is 50.2 Å². The van der Waals surface area contributed by atoms with Crippen molar-refractivity contribution in [3.63, 3.8) is 0 Å². The predicted octanol–water partition coefficient (Wildman–Crippen LogP) is 3.95. The summed E-state index contributed by atoms with van der Waals surface area (Å²) >= 11 is 0. The van der Waals surface area contributed by atoms with E-state index in [1.54, 1.807) is 0 Å². The van der Waals surface area contributed by atoms with Gasteiger partial charge in [-0.2, -0.15) is 0 Å². The topological polar surface area (TPSA) is 40.5 Å². The van der Waals surface area contributed by atoms with E-state index in [9.17, 15) is 10.2 Å². The summed E-state index contributed by atoms with van der Waals surface area (Å²) in [5.41, 5.74) is 3.00. The molecule has 4 rings (SSSR count). The van der Waals surface area contributed by atoms with Crippen LogP contribution < -0.4 is 0 Å². The van der Waals surface area contributed by atoms with Gasteiger partial charge in [-0.1, -0.05) is 19.1 Å². The van der Waals surface area contributed by atoms with Gasteiger partial charge in [0, 0.05) is 5.41 Å². The Hall–Kier alpha value is -1.28. The summed E-state index contributed by atoms with van der Waals surface area (Å²) in [6.07, 6.45) is 8.43. The third kappa shape index (κ3) is 1.76. The molecule has 22 heavy (non-hydrogen) atoms. The fourth-order valence-corrected chi connectivity index (χ4v) is 6.03. The second-order valence-corrected chi connectivity index (χ2v) is 8.09. The van der Waals surface area contributed by atoms with Crippen LogP contribution in [0.3, 0.4) is 0 Å². The van der Waals surface area contributed by atoms with Gasteiger partial charge >= 0.3 is 0 Å². The minimum atomic E-state index is -0.128. The van der Waals surface area contributed by atoms with E-state index in [1.807, 2.05) is 12.1 Å². The molecule has 0 spiro atoms. The van der Waals surface area contributed by atoms with Gasteiger partial charge in [-0.05, 0) is 79.0 Å². The van der Waals surface area contributed by atoms with Crippen molar-refractivity contribution in [2.24, 2.45) is 17.3 Å². The molecule has 2 N–H and O–H groups in total. The first-order valence-corrected chi connectivity index (χ1v) is 8.62. The highest BCUT2D eigenvalue weighted by atomic mass is 16.3. The van der Waals surface area contributed by atoms with Crippen molar-refractivity contribution >= 4 is 0 Å². The minimum absolute atomic E-state index is 0.0372. The smallest absolute Gasteiger partial charge is 0.115 e. The number of hydrogen-bond donors (Lipinski definition) is 2. The number of fused-ring (bicyclic) bond motifs is 5. The van der Waals surface area contributed by atoms with Crippen LogP contribution in [0.25, 0.3) is 0 Å². The first kappa shape index (κ1) is 14.3. The van der Waals surface area contributed by atoms with E-state index >= 15 is 0 Å². The number of phenolic OH excluding ortho intramolecular Hbond substituents is 1. The number of hydrogen-bond acceptors (Lipinski definition) is 2. The molecule has 0 heterocycles. The molecule has 118 valence electrons. The Morgan fingerprint density at radius 3 is 2.86 bits per heavy atom. The predicted molar refractivity (Wildman–Crippen MR) is 87.9 cm³/mol. The SMILES string of the molecule is C=C[C@]12CC[C@]3(C)CC(O)C[C@H]3[C@@H]1CCc1cc(O)ccc12. The fraction of sp³-hybridized carbons (Fsp3) is 0.600. The lowest BCUT2D eigenvalue weighted by Crippen LogP contribution is -2.49. The molecule has 2 heteroatoms. The van der Waals surface area contributed by atoms with Gasteiger partial charge in [0.25, 0.3) is 0 Å². The Balaban J connectivity index is 1.82. The number of benzene rings is 1. The maximum atomic E-state index is 10.2. The molecule has 2 saturated carbocycles. The molecule has 2 fully saturated rings. The first-order valence-electron chi connectivity index (χ1n) is 8.62. The summed E-state index contributed by atoms with van der Waals surface area (Å²) in [5, 5.41) is 20.1. The normalized spacial score (nSPS) is 43.1. The van der Waals surface area contributed by atoms with E-state index in [-0.39, 0.29) is 11.5 Å². The Morgan fingerprint density at radius 2 is 2.09 bits per heavy atom. The van der Waals surface area contributed by atoms with E-state index in [0.29, 0.717) is 23.0 Å². The monoisotopic (exact) mass is 298 g/mol. The number of phenols is 1. The third-order valence-corrected chi connectivity index (χ3v) is 7.06. The van der Waals surface area contributed by atoms with Crippen molar-refractivity contribution in [2.45, 2.75) is 57.0 Å². The van der Waals surface area contributed by atoms with Crippen molar-refractivity contribution in [3.05, 3.63) is 42.0 Å². The van der Waals surface area contributed by atoms with E-state index in [1.165, 1.54) is 11.1 Å². The second-order valence-electron chi connectivity index (χ2n) is 8.09. The van der Waals surface area contributed by atoms with Crippen LogP contribution in [0.2, 0.25) is 0 Å². The summed E-state index contributed by atoms with van der Waals surface area (Å²) in [6, 6.07) is 5.88. The molecule has 0 radical (unpaired) electrons. The molecule has 0 aliphatic heterocycles. The summed E-state index contributed by atoms with van der Waals surface area (Å²) in [4.78, 5) is 0. The average Bonchev–Trinajstić information content (AvgIpc) is 2.80. The van der Waals surface area contributed by atoms with E-state index in [4.69, 9.17) is 0 Å². The lowest BCUT2D eigenvalue weighted by atomic mass is 9.49. The van der Waals surface area contributed by atoms with Gasteiger partial charge in [-0.15, -0.1) is 6.58 Å². The molecule has 3 aliphatic carbocycles. The Kier molecular flexibility index (Phi) is 3.00. The highest BCUT2D eigenvalue weighted by Crippen LogP contribution is 2.63. The molecule has 5 atom stereocenters. The van der Waals surface area contributed by atoms with Crippen LogP contribution in [0, 0.1) is 17.3 Å². The van der Waals surface area contributed by atoms with Gasteiger partial charge in [0.1, 0.15) is 5.75 Å². The van der Waals surface area contributed by atoms with Crippen molar-refractivity contribution in [3.8, 4) is 5.75 Å². The van der Waals surface area contributed by atoms with Gasteiger partial charge in [0.15, 0.2) is 0 Å². The molecule has 1 aromatic rings. The molecule has 0 aromatic heterocycles. The third-order valence-electron chi connectivity index (χ3n) is 7.06. The van der Waals surface area contributed by atoms with Crippen LogP contribution in [0.5, 0.6) is 5.75 Å². The Morgan fingerprint density at radius 1 is 1.27 bits per heavy atom. The Bertz CT molecular complexity index is 622. The number of aromatic hydroxyl groups is 1. The summed E-state index contributed by atoms with van der Waals surface area (Å²) < 4.78 is 0. The van der Waals surface area contributed by atoms with E-state index in [0.717, 1.165) is 38.5 Å². The van der Waals surface area contributed by atoms with Gasteiger partial charge in [-0.3, -0.25) is 0 Å². The molecule has 1 unspecified atom stereocenters. The maximum absolute atomic E-state index is 10.2. The van der Waals surface area contributed by atoms with Crippen molar-refractivity contribution in [2.75, 3.05) is 0 Å². The zero-order valence-electron chi connectivity index (χ0n) is 13.4. The minimum Gasteiger partial charge on any atom is -0.508 e. The number of aliphatic hydroxyl groups excluding tert-OH is 1. The fourth-order valence-electron chi connectivity index (χ4n) is 6.03. The van der Waals surface area contributed by atoms with E-state index in [2.05, 4.69) is 25.6 Å². The molecule has 3 aliphatic rings. The number of aliphatic hydroxyl groups is 1. The molecular weight excluding hydrogens is 272 g/mol. The zero-order valence-corrected chi connectivity index (χ0v) is 13.4. The second kappa shape index (κ2) is 4.61. The van der Waals surface area contributed by atoms with Gasteiger partial charge < -0.3 is 10.2 Å². The number of allylic oxidation sites excluding steroid dienone is 1. The highest BCUT2D eigenvalue weighted by Gasteiger charge is 2.57. The van der Waals surface area contributed by atoms with Crippen LogP contribution in [-0.4, -0.2) is 16.3 Å². The lowest BCUT2D eigenvalue weighted by molar-refractivity contribution is 0.0277. The number of rotatable bonds is 1. The van der Waals surface area contributed by atoms with E-state index < -0.39 is 0 Å². The van der Waals surface area contributed by atoms with Crippen LogP contribution in [-0.2, 0) is 11.8 Å². The van der Waals surface area contributed by atoms with Gasteiger partial charge in [0.2, 0.25) is 0 Å². The first-order chi connectivity index (χ1) is 10.5. The van der Waals surface area contributed by atoms with Crippen molar-refractivity contribution < 1.29 is 10.2 Å². The maximum Gasteiger partial charge on any atom is 0.115 e. The number of aryl methyl sites for hydroxylation is 1. The van der Waals surface area contributed by atoms with Crippen molar-refractivity contribution in [1.29, 1.82) is 0 Å². The molecule has 2 nitrogen and oxygen atoms in total. The molecular formula is C20H26O2. The van der Waals surface area contributed by atoms with Crippen LogP contribution in [0.4, 0.5) is 0 Å². The molecule has 0 amide bonds.